The van der Waals surface area contributed by atoms with E-state index in [0.29, 0.717) is 22.5 Å². The molecular weight excluding hydrogens is 502 g/mol. The van der Waals surface area contributed by atoms with Crippen LogP contribution in [0.4, 0.5) is 5.69 Å². The minimum atomic E-state index is -0.185. The number of rotatable bonds is 8. The van der Waals surface area contributed by atoms with E-state index in [1.54, 1.807) is 15.9 Å². The van der Waals surface area contributed by atoms with Crippen LogP contribution in [0.5, 0.6) is 5.75 Å². The average Bonchev–Trinajstić information content (AvgIpc) is 3.26. The third kappa shape index (κ3) is 5.45. The van der Waals surface area contributed by atoms with Crippen LogP contribution < -0.4 is 15.6 Å². The predicted octanol–water partition coefficient (Wildman–Crippen LogP) is 6.48. The van der Waals surface area contributed by atoms with Crippen molar-refractivity contribution in [2.45, 2.75) is 57.7 Å². The molecule has 0 saturated carbocycles. The van der Waals surface area contributed by atoms with Crippen LogP contribution in [0.1, 0.15) is 44.1 Å². The lowest BCUT2D eigenvalue weighted by Gasteiger charge is -2.20. The Hall–Kier alpha value is -3.10. The third-order valence-corrected chi connectivity index (χ3v) is 8.69. The third-order valence-electron chi connectivity index (χ3n) is 6.60. The van der Waals surface area contributed by atoms with Gasteiger partial charge in [0.1, 0.15) is 10.6 Å². The molecule has 0 radical (unpaired) electrons. The highest BCUT2D eigenvalue weighted by molar-refractivity contribution is 7.99. The maximum absolute atomic E-state index is 13.9. The first-order valence-corrected chi connectivity index (χ1v) is 14.6. The number of para-hydroxylation sites is 3. The van der Waals surface area contributed by atoms with Crippen molar-refractivity contribution in [2.24, 2.45) is 5.92 Å². The first kappa shape index (κ1) is 25.5. The number of nitrogens with zero attached hydrogens (tertiary/aromatic N) is 2. The highest BCUT2D eigenvalue weighted by atomic mass is 32.2. The molecule has 1 aliphatic rings. The van der Waals surface area contributed by atoms with Crippen LogP contribution in [-0.2, 0) is 17.6 Å². The average molecular weight is 534 g/mol. The summed E-state index contributed by atoms with van der Waals surface area (Å²) in [7, 11) is 0. The number of hydrogen-bond donors (Lipinski definition) is 1. The van der Waals surface area contributed by atoms with Crippen molar-refractivity contribution in [3.05, 3.63) is 75.4 Å². The molecule has 1 N–H and O–H groups in total. The van der Waals surface area contributed by atoms with Gasteiger partial charge in [0.15, 0.2) is 5.16 Å². The molecule has 1 aliphatic carbocycles. The molecule has 0 unspecified atom stereocenters. The summed E-state index contributed by atoms with van der Waals surface area (Å²) in [5, 5.41) is 4.22. The van der Waals surface area contributed by atoms with Crippen molar-refractivity contribution in [1.82, 2.24) is 9.55 Å². The van der Waals surface area contributed by atoms with E-state index >= 15 is 0 Å². The predicted molar refractivity (Wildman–Crippen MR) is 153 cm³/mol. The van der Waals surface area contributed by atoms with Gasteiger partial charge in [0, 0.05) is 4.88 Å². The minimum absolute atomic E-state index is 0.00659. The van der Waals surface area contributed by atoms with Crippen molar-refractivity contribution < 1.29 is 9.53 Å². The zero-order valence-corrected chi connectivity index (χ0v) is 23.0. The van der Waals surface area contributed by atoms with E-state index in [-0.39, 0.29) is 23.3 Å². The molecule has 6 nitrogen and oxygen atoms in total. The number of benzene rings is 2. The highest BCUT2D eigenvalue weighted by Crippen LogP contribution is 2.38. The second-order valence-electron chi connectivity index (χ2n) is 9.57. The SMILES string of the molecule is CC[C@H]1CCc2c(sc3nc(SCC(=O)Nc4ccccc4OC(C)C)n(-c4ccccc4)c(=O)c23)C1. The topological polar surface area (TPSA) is 73.2 Å². The van der Waals surface area contributed by atoms with Crippen molar-refractivity contribution in [1.29, 1.82) is 0 Å². The fraction of sp³-hybridized carbons (Fsp3) is 0.345. The van der Waals surface area contributed by atoms with Gasteiger partial charge in [-0.25, -0.2) is 4.98 Å². The normalized spacial score (nSPS) is 15.1. The number of thioether (sulfide) groups is 1. The van der Waals surface area contributed by atoms with Gasteiger partial charge in [-0.05, 0) is 68.9 Å². The Morgan fingerprint density at radius 1 is 1.19 bits per heavy atom. The van der Waals surface area contributed by atoms with Gasteiger partial charge in [0.2, 0.25) is 5.91 Å². The molecule has 0 saturated heterocycles. The van der Waals surface area contributed by atoms with Gasteiger partial charge in [0.25, 0.3) is 5.56 Å². The fourth-order valence-corrected chi connectivity index (χ4v) is 6.96. The standard InChI is InChI=1S/C29H31N3O3S2/c1-4-19-14-15-21-24(16-19)37-27-26(21)28(34)32(20-10-6-5-7-11-20)29(31-27)36-17-25(33)30-22-12-8-9-13-23(22)35-18(2)3/h5-13,18-19H,4,14-17H2,1-3H3,(H,30,33)/t19-/m0/s1. The molecule has 0 fully saturated rings. The summed E-state index contributed by atoms with van der Waals surface area (Å²) < 4.78 is 7.49. The van der Waals surface area contributed by atoms with Crippen molar-refractivity contribution in [3.8, 4) is 11.4 Å². The maximum atomic E-state index is 13.9. The number of aryl methyl sites for hydroxylation is 1. The zero-order chi connectivity index (χ0) is 25.9. The lowest BCUT2D eigenvalue weighted by Crippen LogP contribution is -2.23. The van der Waals surface area contributed by atoms with Gasteiger partial charge in [-0.1, -0.05) is 55.4 Å². The zero-order valence-electron chi connectivity index (χ0n) is 21.3. The number of amides is 1. The van der Waals surface area contributed by atoms with Crippen LogP contribution >= 0.6 is 23.1 Å². The number of carbonyl (C=O) groups is 1. The Balaban J connectivity index is 1.47. The molecular formula is C29H31N3O3S2. The van der Waals surface area contributed by atoms with Crippen molar-refractivity contribution >= 4 is 44.9 Å². The number of carbonyl (C=O) groups excluding carboxylic acids is 1. The van der Waals surface area contributed by atoms with Crippen LogP contribution in [0.15, 0.2) is 64.5 Å². The second-order valence-corrected chi connectivity index (χ2v) is 11.6. The van der Waals surface area contributed by atoms with E-state index < -0.39 is 0 Å². The van der Waals surface area contributed by atoms with Gasteiger partial charge in [-0.2, -0.15) is 0 Å². The summed E-state index contributed by atoms with van der Waals surface area (Å²) >= 11 is 2.92. The first-order chi connectivity index (χ1) is 17.9. The van der Waals surface area contributed by atoms with Crippen LogP contribution in [0, 0.1) is 5.92 Å². The highest BCUT2D eigenvalue weighted by Gasteiger charge is 2.26. The summed E-state index contributed by atoms with van der Waals surface area (Å²) in [5.41, 5.74) is 2.50. The van der Waals surface area contributed by atoms with Gasteiger partial charge < -0.3 is 10.1 Å². The molecule has 2 heterocycles. The Morgan fingerprint density at radius 2 is 1.95 bits per heavy atom. The largest absolute Gasteiger partial charge is 0.489 e. The molecule has 192 valence electrons. The number of thiophene rings is 1. The summed E-state index contributed by atoms with van der Waals surface area (Å²) in [4.78, 5) is 33.9. The quantitative estimate of drug-likeness (QED) is 0.207. The van der Waals surface area contributed by atoms with E-state index in [1.807, 2.05) is 68.4 Å². The van der Waals surface area contributed by atoms with Crippen molar-refractivity contribution in [3.63, 3.8) is 0 Å². The molecule has 2 aromatic heterocycles. The van der Waals surface area contributed by atoms with E-state index in [1.165, 1.54) is 22.2 Å². The van der Waals surface area contributed by atoms with E-state index in [0.717, 1.165) is 41.6 Å². The minimum Gasteiger partial charge on any atom is -0.489 e. The Kier molecular flexibility index (Phi) is 7.67. The number of nitrogens with one attached hydrogen (secondary N) is 1. The molecule has 0 aliphatic heterocycles. The lowest BCUT2D eigenvalue weighted by atomic mass is 9.86. The Bertz CT molecular complexity index is 1480. The van der Waals surface area contributed by atoms with Gasteiger partial charge in [0.05, 0.1) is 28.6 Å². The first-order valence-electron chi connectivity index (χ1n) is 12.8. The number of aromatic nitrogens is 2. The molecule has 4 aromatic rings. The van der Waals surface area contributed by atoms with E-state index in [2.05, 4.69) is 12.2 Å². The van der Waals surface area contributed by atoms with Gasteiger partial charge >= 0.3 is 0 Å². The molecule has 2 aromatic carbocycles. The van der Waals surface area contributed by atoms with Crippen molar-refractivity contribution in [2.75, 3.05) is 11.1 Å². The molecule has 1 amide bonds. The van der Waals surface area contributed by atoms with Gasteiger partial charge in [-0.15, -0.1) is 11.3 Å². The van der Waals surface area contributed by atoms with Crippen LogP contribution in [0.25, 0.3) is 15.9 Å². The van der Waals surface area contributed by atoms with E-state index in [9.17, 15) is 9.59 Å². The monoisotopic (exact) mass is 533 g/mol. The summed E-state index contributed by atoms with van der Waals surface area (Å²) in [6, 6.07) is 17.0. The Morgan fingerprint density at radius 3 is 2.70 bits per heavy atom. The van der Waals surface area contributed by atoms with Crippen LogP contribution in [0.3, 0.4) is 0 Å². The lowest BCUT2D eigenvalue weighted by molar-refractivity contribution is -0.113. The number of anilines is 1. The summed E-state index contributed by atoms with van der Waals surface area (Å²) in [6.45, 7) is 6.13. The smallest absolute Gasteiger partial charge is 0.267 e. The fourth-order valence-electron chi connectivity index (χ4n) is 4.77. The molecule has 5 rings (SSSR count). The van der Waals surface area contributed by atoms with E-state index in [4.69, 9.17) is 9.72 Å². The van der Waals surface area contributed by atoms with Gasteiger partial charge in [-0.3, -0.25) is 14.2 Å². The molecule has 1 atom stereocenters. The molecule has 0 bridgehead atoms. The second kappa shape index (κ2) is 11.1. The number of ether oxygens (including phenoxy) is 1. The summed E-state index contributed by atoms with van der Waals surface area (Å²) in [6.07, 6.45) is 4.19. The Labute approximate surface area is 225 Å². The van der Waals surface area contributed by atoms with Crippen LogP contribution in [-0.4, -0.2) is 27.3 Å². The summed E-state index contributed by atoms with van der Waals surface area (Å²) in [5.74, 6) is 1.22. The maximum Gasteiger partial charge on any atom is 0.267 e. The molecule has 0 spiro atoms. The molecule has 37 heavy (non-hydrogen) atoms. The number of fused-ring (bicyclic) bond motifs is 3. The molecule has 8 heteroatoms. The van der Waals surface area contributed by atoms with Crippen LogP contribution in [0.2, 0.25) is 0 Å². The number of hydrogen-bond acceptors (Lipinski definition) is 6.